The maximum Gasteiger partial charge on any atom is 0.323 e. The zero-order valence-electron chi connectivity index (χ0n) is 19.7. The third-order valence-electron chi connectivity index (χ3n) is 7.30. The van der Waals surface area contributed by atoms with E-state index in [1.54, 1.807) is 18.2 Å². The Morgan fingerprint density at radius 3 is 2.34 bits per heavy atom. The van der Waals surface area contributed by atoms with E-state index in [-0.39, 0.29) is 23.4 Å². The average molecular weight is 502 g/mol. The number of Topliss-reactive ketones (excluding diaryl/α,β-unsaturated/α-hetero) is 1. The lowest BCUT2D eigenvalue weighted by molar-refractivity contribution is -0.148. The molecule has 2 amide bonds. The summed E-state index contributed by atoms with van der Waals surface area (Å²) < 4.78 is 0. The van der Waals surface area contributed by atoms with Gasteiger partial charge in [-0.3, -0.25) is 19.2 Å². The first-order chi connectivity index (χ1) is 16.8. The maximum absolute atomic E-state index is 13.6. The van der Waals surface area contributed by atoms with Crippen molar-refractivity contribution in [2.24, 2.45) is 5.92 Å². The van der Waals surface area contributed by atoms with Gasteiger partial charge in [0.05, 0.1) is 5.56 Å². The van der Waals surface area contributed by atoms with Crippen LogP contribution in [0.15, 0.2) is 24.4 Å². The fraction of sp³-hybridized carbons (Fsp3) is 0.538. The van der Waals surface area contributed by atoms with E-state index >= 15 is 0 Å². The van der Waals surface area contributed by atoms with Crippen LogP contribution < -0.4 is 5.32 Å². The summed E-state index contributed by atoms with van der Waals surface area (Å²) in [4.78, 5) is 56.2. The van der Waals surface area contributed by atoms with Crippen molar-refractivity contribution < 1.29 is 24.3 Å². The minimum Gasteiger partial charge on any atom is -0.480 e. The summed E-state index contributed by atoms with van der Waals surface area (Å²) in [6.07, 6.45) is 10.6. The summed E-state index contributed by atoms with van der Waals surface area (Å²) in [6.45, 7) is -0.710. The van der Waals surface area contributed by atoms with Gasteiger partial charge in [0, 0.05) is 28.2 Å². The number of nitrogens with zero attached hydrogens (tertiary/aromatic N) is 1. The highest BCUT2D eigenvalue weighted by Crippen LogP contribution is 2.31. The van der Waals surface area contributed by atoms with E-state index in [0.29, 0.717) is 28.8 Å². The number of rotatable bonds is 8. The molecule has 1 heterocycles. The molecule has 0 bridgehead atoms. The number of carboxylic acids is 1. The van der Waals surface area contributed by atoms with Crippen LogP contribution in [0.25, 0.3) is 10.9 Å². The van der Waals surface area contributed by atoms with Crippen LogP contribution in [0.5, 0.6) is 0 Å². The number of H-pyrrole nitrogens is 1. The summed E-state index contributed by atoms with van der Waals surface area (Å²) in [5.74, 6) is -3.62. The normalized spacial score (nSPS) is 18.2. The van der Waals surface area contributed by atoms with Crippen LogP contribution >= 0.6 is 11.6 Å². The number of nitrogens with one attached hydrogen (secondary N) is 2. The summed E-state index contributed by atoms with van der Waals surface area (Å²) in [5, 5.41) is 13.7. The van der Waals surface area contributed by atoms with Crippen LogP contribution in [-0.4, -0.2) is 57.2 Å². The minimum atomic E-state index is -1.26. The van der Waals surface area contributed by atoms with Gasteiger partial charge in [-0.2, -0.15) is 0 Å². The molecule has 1 unspecified atom stereocenters. The fourth-order valence-corrected chi connectivity index (χ4v) is 5.74. The lowest BCUT2D eigenvalue weighted by Gasteiger charge is -2.38. The standard InChI is InChI=1S/C26H32ClN3O5/c27-17-11-12-19-20(14-28-21(19)13-17)24(33)26(35)30(15-22(31)32)23(16-7-3-1-4-8-16)25(34)29-18-9-5-2-6-10-18/h11-14,16,18,23,28H,1-10,15H2,(H,29,34)(H,31,32). The predicted molar refractivity (Wildman–Crippen MR) is 132 cm³/mol. The quantitative estimate of drug-likeness (QED) is 0.367. The molecule has 8 nitrogen and oxygen atoms in total. The predicted octanol–water partition coefficient (Wildman–Crippen LogP) is 4.32. The Morgan fingerprint density at radius 1 is 1.03 bits per heavy atom. The van der Waals surface area contributed by atoms with Gasteiger partial charge < -0.3 is 20.3 Å². The van der Waals surface area contributed by atoms with Crippen molar-refractivity contribution in [1.29, 1.82) is 0 Å². The summed E-state index contributed by atoms with van der Waals surface area (Å²) in [7, 11) is 0. The zero-order chi connectivity index (χ0) is 24.9. The van der Waals surface area contributed by atoms with E-state index in [2.05, 4.69) is 10.3 Å². The third kappa shape index (κ3) is 5.86. The molecule has 0 saturated heterocycles. The van der Waals surface area contributed by atoms with E-state index in [9.17, 15) is 24.3 Å². The number of ketones is 1. The lowest BCUT2D eigenvalue weighted by atomic mass is 9.82. The van der Waals surface area contributed by atoms with E-state index in [4.69, 9.17) is 11.6 Å². The molecule has 2 aromatic rings. The van der Waals surface area contributed by atoms with Gasteiger partial charge in [-0.25, -0.2) is 0 Å². The SMILES string of the molecule is O=C(O)CN(C(=O)C(=O)c1c[nH]c2cc(Cl)ccc12)C(C(=O)NC1CCCCC1)C1CCCCC1. The molecule has 4 rings (SSSR count). The Kier molecular flexibility index (Phi) is 8.11. The highest BCUT2D eigenvalue weighted by Gasteiger charge is 2.41. The van der Waals surface area contributed by atoms with Crippen LogP contribution in [0.2, 0.25) is 5.02 Å². The average Bonchev–Trinajstić information content (AvgIpc) is 3.26. The number of aromatic nitrogens is 1. The molecule has 0 aliphatic heterocycles. The second kappa shape index (κ2) is 11.2. The van der Waals surface area contributed by atoms with Crippen molar-refractivity contribution in [3.63, 3.8) is 0 Å². The van der Waals surface area contributed by atoms with Crippen molar-refractivity contribution in [2.45, 2.75) is 76.3 Å². The molecule has 9 heteroatoms. The summed E-state index contributed by atoms with van der Waals surface area (Å²) >= 11 is 6.03. The fourth-order valence-electron chi connectivity index (χ4n) is 5.57. The minimum absolute atomic E-state index is 0.0122. The molecule has 2 saturated carbocycles. The molecule has 1 atom stereocenters. The molecule has 1 aromatic heterocycles. The lowest BCUT2D eigenvalue weighted by Crippen LogP contribution is -2.58. The molecule has 188 valence electrons. The van der Waals surface area contributed by atoms with Crippen molar-refractivity contribution in [3.8, 4) is 0 Å². The third-order valence-corrected chi connectivity index (χ3v) is 7.54. The Balaban J connectivity index is 1.65. The second-order valence-electron chi connectivity index (χ2n) is 9.73. The van der Waals surface area contributed by atoms with Crippen LogP contribution in [0.4, 0.5) is 0 Å². The number of aliphatic carboxylic acids is 1. The Hall–Kier alpha value is -2.87. The molecule has 2 fully saturated rings. The zero-order valence-corrected chi connectivity index (χ0v) is 20.5. The van der Waals surface area contributed by atoms with Gasteiger partial charge in [-0.1, -0.05) is 56.2 Å². The van der Waals surface area contributed by atoms with Crippen molar-refractivity contribution >= 4 is 46.1 Å². The van der Waals surface area contributed by atoms with Gasteiger partial charge in [0.15, 0.2) is 0 Å². The topological polar surface area (TPSA) is 120 Å². The number of fused-ring (bicyclic) bond motifs is 1. The smallest absolute Gasteiger partial charge is 0.323 e. The van der Waals surface area contributed by atoms with Gasteiger partial charge in [-0.05, 0) is 43.7 Å². The van der Waals surface area contributed by atoms with E-state index < -0.39 is 30.2 Å². The number of halogens is 1. The van der Waals surface area contributed by atoms with Gasteiger partial charge in [0.1, 0.15) is 12.6 Å². The molecule has 2 aliphatic rings. The maximum atomic E-state index is 13.6. The first-order valence-corrected chi connectivity index (χ1v) is 12.9. The van der Waals surface area contributed by atoms with Gasteiger partial charge in [0.25, 0.3) is 11.7 Å². The van der Waals surface area contributed by atoms with Crippen LogP contribution in [0.3, 0.4) is 0 Å². The highest BCUT2D eigenvalue weighted by molar-refractivity contribution is 6.45. The molecule has 0 radical (unpaired) electrons. The Morgan fingerprint density at radius 2 is 1.69 bits per heavy atom. The van der Waals surface area contributed by atoms with Gasteiger partial charge in [-0.15, -0.1) is 0 Å². The summed E-state index contributed by atoms with van der Waals surface area (Å²) in [5.41, 5.74) is 0.726. The number of carbonyl (C=O) groups excluding carboxylic acids is 3. The second-order valence-corrected chi connectivity index (χ2v) is 10.2. The van der Waals surface area contributed by atoms with E-state index in [0.717, 1.165) is 56.3 Å². The van der Waals surface area contributed by atoms with Crippen LogP contribution in [-0.2, 0) is 14.4 Å². The summed E-state index contributed by atoms with van der Waals surface area (Å²) in [6, 6.07) is 3.93. The first-order valence-electron chi connectivity index (χ1n) is 12.5. The molecule has 0 spiro atoms. The van der Waals surface area contributed by atoms with Crippen LogP contribution in [0, 0.1) is 5.92 Å². The molecular weight excluding hydrogens is 470 g/mol. The number of carbonyl (C=O) groups is 4. The molecule has 35 heavy (non-hydrogen) atoms. The molecule has 1 aromatic carbocycles. The van der Waals surface area contributed by atoms with Crippen molar-refractivity contribution in [3.05, 3.63) is 35.0 Å². The van der Waals surface area contributed by atoms with Gasteiger partial charge >= 0.3 is 5.97 Å². The van der Waals surface area contributed by atoms with E-state index in [1.807, 2.05) is 0 Å². The van der Waals surface area contributed by atoms with E-state index in [1.165, 1.54) is 6.20 Å². The monoisotopic (exact) mass is 501 g/mol. The largest absolute Gasteiger partial charge is 0.480 e. The number of hydrogen-bond donors (Lipinski definition) is 3. The van der Waals surface area contributed by atoms with Gasteiger partial charge in [0.2, 0.25) is 5.91 Å². The first kappa shape index (κ1) is 25.2. The number of aromatic amines is 1. The number of amides is 2. The highest BCUT2D eigenvalue weighted by atomic mass is 35.5. The molecule has 3 N–H and O–H groups in total. The molecular formula is C26H32ClN3O5. The van der Waals surface area contributed by atoms with Crippen molar-refractivity contribution in [2.75, 3.05) is 6.54 Å². The Bertz CT molecular complexity index is 1100. The van der Waals surface area contributed by atoms with Crippen molar-refractivity contribution in [1.82, 2.24) is 15.2 Å². The number of benzene rings is 1. The number of carboxylic acid groups (broad SMARTS) is 1. The number of hydrogen-bond acceptors (Lipinski definition) is 4. The van der Waals surface area contributed by atoms with Crippen LogP contribution in [0.1, 0.15) is 74.6 Å². The molecule has 2 aliphatic carbocycles. The Labute approximate surface area is 209 Å².